The fourth-order valence-electron chi connectivity index (χ4n) is 2.50. The molecule has 1 unspecified atom stereocenters. The fraction of sp³-hybridized carbons (Fsp3) is 0.368. The van der Waals surface area contributed by atoms with E-state index in [1.54, 1.807) is 18.2 Å². The van der Waals surface area contributed by atoms with Crippen LogP contribution in [-0.2, 0) is 0 Å². The van der Waals surface area contributed by atoms with Gasteiger partial charge in [-0.3, -0.25) is 0 Å². The molecule has 0 heterocycles. The SMILES string of the molecule is CCOc1ccc(C(CN)CCCOc2ccccc2F)cc1. The maximum absolute atomic E-state index is 13.5. The van der Waals surface area contributed by atoms with Crippen LogP contribution in [0.25, 0.3) is 0 Å². The maximum Gasteiger partial charge on any atom is 0.165 e. The number of para-hydroxylation sites is 1. The zero-order chi connectivity index (χ0) is 16.5. The average molecular weight is 317 g/mol. The molecule has 2 rings (SSSR count). The first-order chi connectivity index (χ1) is 11.2. The second-order valence-electron chi connectivity index (χ2n) is 5.36. The van der Waals surface area contributed by atoms with Crippen LogP contribution in [-0.4, -0.2) is 19.8 Å². The fourth-order valence-corrected chi connectivity index (χ4v) is 2.50. The van der Waals surface area contributed by atoms with E-state index in [2.05, 4.69) is 12.1 Å². The zero-order valence-electron chi connectivity index (χ0n) is 13.5. The van der Waals surface area contributed by atoms with E-state index in [1.165, 1.54) is 11.6 Å². The van der Waals surface area contributed by atoms with Gasteiger partial charge in [0.15, 0.2) is 11.6 Å². The van der Waals surface area contributed by atoms with E-state index >= 15 is 0 Å². The summed E-state index contributed by atoms with van der Waals surface area (Å²) in [7, 11) is 0. The summed E-state index contributed by atoms with van der Waals surface area (Å²) in [6, 6.07) is 14.5. The van der Waals surface area contributed by atoms with Gasteiger partial charge in [-0.15, -0.1) is 0 Å². The van der Waals surface area contributed by atoms with Crippen molar-refractivity contribution in [2.24, 2.45) is 5.73 Å². The van der Waals surface area contributed by atoms with Crippen molar-refractivity contribution in [2.75, 3.05) is 19.8 Å². The minimum atomic E-state index is -0.325. The monoisotopic (exact) mass is 317 g/mol. The third-order valence-corrected chi connectivity index (χ3v) is 3.74. The molecule has 3 nitrogen and oxygen atoms in total. The van der Waals surface area contributed by atoms with Crippen LogP contribution in [0, 0.1) is 5.82 Å². The van der Waals surface area contributed by atoms with Gasteiger partial charge in [-0.1, -0.05) is 24.3 Å². The van der Waals surface area contributed by atoms with Crippen LogP contribution in [0.15, 0.2) is 48.5 Å². The summed E-state index contributed by atoms with van der Waals surface area (Å²) >= 11 is 0. The van der Waals surface area contributed by atoms with Gasteiger partial charge in [0, 0.05) is 0 Å². The van der Waals surface area contributed by atoms with Gasteiger partial charge in [-0.05, 0) is 62.1 Å². The van der Waals surface area contributed by atoms with Gasteiger partial charge in [0.05, 0.1) is 13.2 Å². The van der Waals surface area contributed by atoms with Gasteiger partial charge in [0.2, 0.25) is 0 Å². The second-order valence-corrected chi connectivity index (χ2v) is 5.36. The first kappa shape index (κ1) is 17.3. The molecule has 4 heteroatoms. The van der Waals surface area contributed by atoms with E-state index in [4.69, 9.17) is 15.2 Å². The van der Waals surface area contributed by atoms with Crippen molar-refractivity contribution in [3.8, 4) is 11.5 Å². The lowest BCUT2D eigenvalue weighted by atomic mass is 9.94. The van der Waals surface area contributed by atoms with E-state index in [-0.39, 0.29) is 11.7 Å². The molecular weight excluding hydrogens is 293 g/mol. The Morgan fingerprint density at radius 2 is 1.78 bits per heavy atom. The third kappa shape index (κ3) is 5.25. The van der Waals surface area contributed by atoms with Crippen LogP contribution >= 0.6 is 0 Å². The molecule has 1 atom stereocenters. The number of ether oxygens (including phenoxy) is 2. The minimum Gasteiger partial charge on any atom is -0.494 e. The molecule has 0 aliphatic carbocycles. The number of hydrogen-bond acceptors (Lipinski definition) is 3. The number of hydrogen-bond donors (Lipinski definition) is 1. The van der Waals surface area contributed by atoms with Crippen molar-refractivity contribution in [3.05, 3.63) is 59.9 Å². The average Bonchev–Trinajstić information content (AvgIpc) is 2.58. The van der Waals surface area contributed by atoms with E-state index in [0.717, 1.165) is 18.6 Å². The lowest BCUT2D eigenvalue weighted by Gasteiger charge is -2.16. The molecule has 2 N–H and O–H groups in total. The molecule has 0 saturated heterocycles. The lowest BCUT2D eigenvalue weighted by molar-refractivity contribution is 0.287. The molecule has 0 fully saturated rings. The standard InChI is InChI=1S/C19H24FNO2/c1-2-22-17-11-9-15(10-12-17)16(14-21)6-5-13-23-19-8-4-3-7-18(19)20/h3-4,7-12,16H,2,5-6,13-14,21H2,1H3. The molecule has 2 aromatic rings. The predicted octanol–water partition coefficient (Wildman–Crippen LogP) is 4.13. The molecule has 2 aromatic carbocycles. The summed E-state index contributed by atoms with van der Waals surface area (Å²) in [5, 5.41) is 0. The van der Waals surface area contributed by atoms with Crippen LogP contribution < -0.4 is 15.2 Å². The van der Waals surface area contributed by atoms with Crippen LogP contribution in [0.5, 0.6) is 11.5 Å². The van der Waals surface area contributed by atoms with Gasteiger partial charge in [0.1, 0.15) is 5.75 Å². The van der Waals surface area contributed by atoms with Crippen molar-refractivity contribution >= 4 is 0 Å². The van der Waals surface area contributed by atoms with Gasteiger partial charge in [0.25, 0.3) is 0 Å². The van der Waals surface area contributed by atoms with Crippen molar-refractivity contribution < 1.29 is 13.9 Å². The third-order valence-electron chi connectivity index (χ3n) is 3.74. The minimum absolute atomic E-state index is 0.273. The highest BCUT2D eigenvalue weighted by Crippen LogP contribution is 2.23. The number of nitrogens with two attached hydrogens (primary N) is 1. The van der Waals surface area contributed by atoms with E-state index in [1.807, 2.05) is 19.1 Å². The Hall–Kier alpha value is -2.07. The molecule has 0 aromatic heterocycles. The number of rotatable bonds is 9. The van der Waals surface area contributed by atoms with Gasteiger partial charge in [-0.25, -0.2) is 4.39 Å². The van der Waals surface area contributed by atoms with Crippen LogP contribution in [0.3, 0.4) is 0 Å². The molecule has 0 saturated carbocycles. The Morgan fingerprint density at radius 3 is 2.43 bits per heavy atom. The Labute approximate surface area is 137 Å². The highest BCUT2D eigenvalue weighted by molar-refractivity contribution is 5.29. The van der Waals surface area contributed by atoms with E-state index in [0.29, 0.717) is 25.5 Å². The summed E-state index contributed by atoms with van der Waals surface area (Å²) in [6.45, 7) is 3.68. The van der Waals surface area contributed by atoms with Crippen molar-refractivity contribution in [1.29, 1.82) is 0 Å². The molecule has 0 bridgehead atoms. The Kier molecular flexibility index (Phi) is 6.88. The molecule has 23 heavy (non-hydrogen) atoms. The molecule has 0 radical (unpaired) electrons. The highest BCUT2D eigenvalue weighted by atomic mass is 19.1. The number of halogens is 1. The number of benzene rings is 2. The van der Waals surface area contributed by atoms with Gasteiger partial charge in [-0.2, -0.15) is 0 Å². The molecule has 124 valence electrons. The summed E-state index contributed by atoms with van der Waals surface area (Å²) in [5.74, 6) is 1.12. The largest absolute Gasteiger partial charge is 0.494 e. The summed E-state index contributed by atoms with van der Waals surface area (Å²) in [5.41, 5.74) is 7.08. The lowest BCUT2D eigenvalue weighted by Crippen LogP contribution is -2.14. The van der Waals surface area contributed by atoms with Gasteiger partial charge >= 0.3 is 0 Å². The summed E-state index contributed by atoms with van der Waals surface area (Å²) in [6.07, 6.45) is 1.72. The summed E-state index contributed by atoms with van der Waals surface area (Å²) < 4.78 is 24.4. The van der Waals surface area contributed by atoms with E-state index < -0.39 is 0 Å². The van der Waals surface area contributed by atoms with Crippen LogP contribution in [0.1, 0.15) is 31.2 Å². The topological polar surface area (TPSA) is 44.5 Å². The Bertz CT molecular complexity index is 586. The highest BCUT2D eigenvalue weighted by Gasteiger charge is 2.10. The molecular formula is C19H24FNO2. The Morgan fingerprint density at radius 1 is 1.04 bits per heavy atom. The molecule has 0 aliphatic heterocycles. The summed E-state index contributed by atoms with van der Waals surface area (Å²) in [4.78, 5) is 0. The quantitative estimate of drug-likeness (QED) is 0.707. The normalized spacial score (nSPS) is 12.0. The molecule has 0 aliphatic rings. The second kappa shape index (κ2) is 9.16. The van der Waals surface area contributed by atoms with Crippen LogP contribution in [0.4, 0.5) is 4.39 Å². The smallest absolute Gasteiger partial charge is 0.165 e. The first-order valence-electron chi connectivity index (χ1n) is 8.04. The van der Waals surface area contributed by atoms with Crippen LogP contribution in [0.2, 0.25) is 0 Å². The molecule has 0 spiro atoms. The maximum atomic E-state index is 13.5. The first-order valence-corrected chi connectivity index (χ1v) is 8.04. The van der Waals surface area contributed by atoms with Crippen molar-refractivity contribution in [3.63, 3.8) is 0 Å². The Balaban J connectivity index is 1.81. The molecule has 0 amide bonds. The van der Waals surface area contributed by atoms with Crippen molar-refractivity contribution in [2.45, 2.75) is 25.7 Å². The predicted molar refractivity (Wildman–Crippen MR) is 90.5 cm³/mol. The zero-order valence-corrected chi connectivity index (χ0v) is 13.5. The van der Waals surface area contributed by atoms with Gasteiger partial charge < -0.3 is 15.2 Å². The van der Waals surface area contributed by atoms with Crippen molar-refractivity contribution in [1.82, 2.24) is 0 Å². The van der Waals surface area contributed by atoms with E-state index in [9.17, 15) is 4.39 Å².